The van der Waals surface area contributed by atoms with Crippen LogP contribution in [-0.4, -0.2) is 8.96 Å². The maximum atomic E-state index is 12.1. The number of nitriles is 1. The van der Waals surface area contributed by atoms with Crippen molar-refractivity contribution in [2.24, 2.45) is 0 Å². The fourth-order valence-electron chi connectivity index (χ4n) is 1.35. The van der Waals surface area contributed by atoms with Gasteiger partial charge in [0, 0.05) is 5.02 Å². The van der Waals surface area contributed by atoms with E-state index in [4.69, 9.17) is 16.9 Å². The molecule has 1 aromatic carbocycles. The van der Waals surface area contributed by atoms with Gasteiger partial charge in [0.15, 0.2) is 0 Å². The van der Waals surface area contributed by atoms with E-state index in [0.29, 0.717) is 5.02 Å². The van der Waals surface area contributed by atoms with Gasteiger partial charge in [0.2, 0.25) is 0 Å². The van der Waals surface area contributed by atoms with Crippen molar-refractivity contribution >= 4 is 22.6 Å². The van der Waals surface area contributed by atoms with Gasteiger partial charge in [0.1, 0.15) is 0 Å². The van der Waals surface area contributed by atoms with Crippen LogP contribution in [-0.2, 0) is 11.0 Å². The van der Waals surface area contributed by atoms with E-state index in [-0.39, 0.29) is 17.2 Å². The highest BCUT2D eigenvalue weighted by Crippen LogP contribution is 2.22. The van der Waals surface area contributed by atoms with Crippen LogP contribution in [0, 0.1) is 11.3 Å². The van der Waals surface area contributed by atoms with E-state index in [0.717, 1.165) is 5.56 Å². The number of nitrogens with one attached hydrogen (secondary N) is 1. The number of nitrogens with zero attached hydrogens (tertiary/aromatic N) is 1. The first-order valence-corrected chi connectivity index (χ1v) is 7.18. The lowest BCUT2D eigenvalue weighted by atomic mass is 10.1. The van der Waals surface area contributed by atoms with Gasteiger partial charge < -0.3 is 0 Å². The van der Waals surface area contributed by atoms with Crippen molar-refractivity contribution in [1.29, 1.82) is 5.26 Å². The molecular formula is C13H17ClN2OS. The number of hydrogen-bond donors (Lipinski definition) is 1. The predicted molar refractivity (Wildman–Crippen MR) is 75.5 cm³/mol. The summed E-state index contributed by atoms with van der Waals surface area (Å²) in [5, 5.41) is 9.47. The highest BCUT2D eigenvalue weighted by atomic mass is 35.5. The molecule has 0 saturated carbocycles. The fourth-order valence-corrected chi connectivity index (χ4v) is 2.38. The minimum Gasteiger partial charge on any atom is -0.242 e. The fraction of sp³-hybridized carbons (Fsp3) is 0.462. The third kappa shape index (κ3) is 4.41. The minimum atomic E-state index is -1.22. The van der Waals surface area contributed by atoms with Crippen LogP contribution in [0.4, 0.5) is 0 Å². The van der Waals surface area contributed by atoms with Crippen LogP contribution >= 0.6 is 11.6 Å². The third-order valence-corrected chi connectivity index (χ3v) is 4.20. The van der Waals surface area contributed by atoms with Crippen LogP contribution in [0.1, 0.15) is 38.8 Å². The summed E-state index contributed by atoms with van der Waals surface area (Å²) in [4.78, 5) is 0. The molecule has 0 fully saturated rings. The van der Waals surface area contributed by atoms with Crippen LogP contribution < -0.4 is 4.72 Å². The van der Waals surface area contributed by atoms with Gasteiger partial charge in [0.25, 0.3) is 0 Å². The minimum absolute atomic E-state index is 0.252. The van der Waals surface area contributed by atoms with Crippen LogP contribution in [0.3, 0.4) is 0 Å². The van der Waals surface area contributed by atoms with Gasteiger partial charge in [-0.05, 0) is 38.5 Å². The Morgan fingerprint density at radius 3 is 2.67 bits per heavy atom. The van der Waals surface area contributed by atoms with Crippen molar-refractivity contribution in [2.45, 2.75) is 38.0 Å². The first-order valence-electron chi connectivity index (χ1n) is 5.65. The van der Waals surface area contributed by atoms with Crippen molar-refractivity contribution in [3.63, 3.8) is 0 Å². The number of rotatable bonds is 4. The van der Waals surface area contributed by atoms with Crippen LogP contribution in [0.5, 0.6) is 0 Å². The molecule has 98 valence electrons. The molecule has 1 N–H and O–H groups in total. The summed E-state index contributed by atoms with van der Waals surface area (Å²) < 4.78 is 14.7. The average molecular weight is 285 g/mol. The highest BCUT2D eigenvalue weighted by molar-refractivity contribution is 7.84. The Labute approximate surface area is 116 Å². The first kappa shape index (κ1) is 15.2. The summed E-state index contributed by atoms with van der Waals surface area (Å²) in [6.07, 6.45) is 0.252. The quantitative estimate of drug-likeness (QED) is 0.922. The Kier molecular flexibility index (Phi) is 5.33. The second-order valence-electron chi connectivity index (χ2n) is 4.97. The molecule has 0 bridgehead atoms. The van der Waals surface area contributed by atoms with Gasteiger partial charge in [-0.15, -0.1) is 0 Å². The van der Waals surface area contributed by atoms with E-state index in [1.807, 2.05) is 32.9 Å². The second kappa shape index (κ2) is 6.33. The van der Waals surface area contributed by atoms with Crippen molar-refractivity contribution in [2.75, 3.05) is 0 Å². The first-order chi connectivity index (χ1) is 8.34. The van der Waals surface area contributed by atoms with Crippen LogP contribution in [0.2, 0.25) is 5.02 Å². The van der Waals surface area contributed by atoms with E-state index < -0.39 is 11.0 Å². The van der Waals surface area contributed by atoms with Crippen molar-refractivity contribution in [3.8, 4) is 6.07 Å². The van der Waals surface area contributed by atoms with Gasteiger partial charge in [-0.25, -0.2) is 8.93 Å². The van der Waals surface area contributed by atoms with Crippen LogP contribution in [0.15, 0.2) is 24.3 Å². The van der Waals surface area contributed by atoms with E-state index >= 15 is 0 Å². The van der Waals surface area contributed by atoms with E-state index in [9.17, 15) is 4.21 Å². The molecule has 0 saturated heterocycles. The molecule has 0 aromatic heterocycles. The van der Waals surface area contributed by atoms with Gasteiger partial charge in [-0.1, -0.05) is 23.7 Å². The molecule has 0 unspecified atom stereocenters. The zero-order valence-electron chi connectivity index (χ0n) is 10.7. The monoisotopic (exact) mass is 284 g/mol. The molecular weight excluding hydrogens is 268 g/mol. The normalized spacial score (nSPS) is 14.8. The van der Waals surface area contributed by atoms with Gasteiger partial charge in [0.05, 0.1) is 34.3 Å². The summed E-state index contributed by atoms with van der Waals surface area (Å²) >= 11 is 5.93. The molecule has 0 heterocycles. The zero-order chi connectivity index (χ0) is 13.8. The molecule has 1 rings (SSSR count). The van der Waals surface area contributed by atoms with Crippen LogP contribution in [0.25, 0.3) is 0 Å². The standard InChI is InChI=1S/C13H17ClN2OS/c1-13(2,3)18(17)16-12(7-8-15)10-5-4-6-11(14)9-10/h4-6,9,12,16H,7H2,1-3H3/t12-,18-/m1/s1. The molecule has 0 radical (unpaired) electrons. The van der Waals surface area contributed by atoms with Crippen molar-refractivity contribution in [3.05, 3.63) is 34.9 Å². The molecule has 0 spiro atoms. The molecule has 0 aliphatic rings. The Bertz CT molecular complexity index is 477. The van der Waals surface area contributed by atoms with E-state index in [1.54, 1.807) is 12.1 Å². The lowest BCUT2D eigenvalue weighted by Gasteiger charge is -2.23. The highest BCUT2D eigenvalue weighted by Gasteiger charge is 2.23. The van der Waals surface area contributed by atoms with Gasteiger partial charge >= 0.3 is 0 Å². The maximum absolute atomic E-state index is 12.1. The molecule has 18 heavy (non-hydrogen) atoms. The molecule has 1 aromatic rings. The molecule has 0 aliphatic heterocycles. The number of benzene rings is 1. The number of halogens is 1. The molecule has 5 heteroatoms. The van der Waals surface area contributed by atoms with E-state index in [2.05, 4.69) is 10.8 Å². The topological polar surface area (TPSA) is 52.9 Å². The number of hydrogen-bond acceptors (Lipinski definition) is 2. The summed E-state index contributed by atoms with van der Waals surface area (Å²) in [6, 6.07) is 9.09. The Hall–Kier alpha value is -0.890. The Balaban J connectivity index is 2.91. The third-order valence-electron chi connectivity index (χ3n) is 2.35. The second-order valence-corrected chi connectivity index (χ2v) is 7.40. The largest absolute Gasteiger partial charge is 0.242 e. The Morgan fingerprint density at radius 2 is 2.17 bits per heavy atom. The SMILES string of the molecule is CC(C)(C)[S@@](=O)N[C@H](CC#N)c1cccc(Cl)c1. The molecule has 3 nitrogen and oxygen atoms in total. The summed E-state index contributed by atoms with van der Waals surface area (Å²) in [5.74, 6) is 0. The van der Waals surface area contributed by atoms with Crippen molar-refractivity contribution in [1.82, 2.24) is 4.72 Å². The average Bonchev–Trinajstić information content (AvgIpc) is 2.27. The smallest absolute Gasteiger partial charge is 0.0976 e. The lowest BCUT2D eigenvalue weighted by molar-refractivity contribution is 0.603. The molecule has 0 aliphatic carbocycles. The molecule has 0 amide bonds. The summed E-state index contributed by atoms with van der Waals surface area (Å²) in [6.45, 7) is 5.66. The summed E-state index contributed by atoms with van der Waals surface area (Å²) in [5.41, 5.74) is 0.877. The van der Waals surface area contributed by atoms with Crippen molar-refractivity contribution < 1.29 is 4.21 Å². The lowest BCUT2D eigenvalue weighted by Crippen LogP contribution is -2.35. The Morgan fingerprint density at radius 1 is 1.50 bits per heavy atom. The zero-order valence-corrected chi connectivity index (χ0v) is 12.3. The van der Waals surface area contributed by atoms with Gasteiger partial charge in [-0.3, -0.25) is 0 Å². The maximum Gasteiger partial charge on any atom is 0.0976 e. The van der Waals surface area contributed by atoms with Gasteiger partial charge in [-0.2, -0.15) is 5.26 Å². The molecule has 2 atom stereocenters. The summed E-state index contributed by atoms with van der Waals surface area (Å²) in [7, 11) is -1.22. The van der Waals surface area contributed by atoms with E-state index in [1.165, 1.54) is 0 Å². The predicted octanol–water partition coefficient (Wildman–Crippen LogP) is 3.35.